The van der Waals surface area contributed by atoms with E-state index in [4.69, 9.17) is 0 Å². The molecule has 4 atom stereocenters. The summed E-state index contributed by atoms with van der Waals surface area (Å²) in [5, 5.41) is 20.1. The van der Waals surface area contributed by atoms with Crippen LogP contribution in [0.1, 0.15) is 46.0 Å². The van der Waals surface area contributed by atoms with Gasteiger partial charge in [0, 0.05) is 5.92 Å². The van der Waals surface area contributed by atoms with Crippen molar-refractivity contribution in [3.8, 4) is 6.07 Å². The Morgan fingerprint density at radius 1 is 1.44 bits per heavy atom. The van der Waals surface area contributed by atoms with Gasteiger partial charge in [0.05, 0.1) is 17.1 Å². The standard InChI is InChI=1S/C14H21NO/c1-10(2)11-5-6-12-13(3,16)7-4-8-14(11,12)9-15/h11-12,16H,1,4-8H2,2-3H3/t11-,12-,13-,14+/m0/s1. The highest BCUT2D eigenvalue weighted by Gasteiger charge is 2.58. The Balaban J connectivity index is 2.41. The number of hydrogen-bond acceptors (Lipinski definition) is 2. The topological polar surface area (TPSA) is 44.0 Å². The first-order chi connectivity index (χ1) is 7.44. The van der Waals surface area contributed by atoms with Gasteiger partial charge in [0.15, 0.2) is 0 Å². The molecule has 0 aromatic rings. The van der Waals surface area contributed by atoms with E-state index in [0.717, 1.165) is 37.7 Å². The summed E-state index contributed by atoms with van der Waals surface area (Å²) < 4.78 is 0. The normalized spacial score (nSPS) is 47.1. The fourth-order valence-corrected chi connectivity index (χ4v) is 4.12. The average Bonchev–Trinajstić information content (AvgIpc) is 2.58. The first-order valence-electron chi connectivity index (χ1n) is 6.23. The van der Waals surface area contributed by atoms with Gasteiger partial charge in [-0.1, -0.05) is 12.2 Å². The van der Waals surface area contributed by atoms with Crippen molar-refractivity contribution >= 4 is 0 Å². The van der Waals surface area contributed by atoms with E-state index in [1.165, 1.54) is 0 Å². The molecule has 0 aliphatic heterocycles. The highest BCUT2D eigenvalue weighted by molar-refractivity contribution is 5.23. The second-order valence-corrected chi connectivity index (χ2v) is 5.89. The van der Waals surface area contributed by atoms with Gasteiger partial charge in [0.1, 0.15) is 0 Å². The predicted molar refractivity (Wildman–Crippen MR) is 63.5 cm³/mol. The Bertz CT molecular complexity index is 352. The van der Waals surface area contributed by atoms with Crippen molar-refractivity contribution in [1.29, 1.82) is 5.26 Å². The van der Waals surface area contributed by atoms with Crippen LogP contribution in [0.2, 0.25) is 0 Å². The van der Waals surface area contributed by atoms with Gasteiger partial charge in [-0.25, -0.2) is 0 Å². The van der Waals surface area contributed by atoms with Gasteiger partial charge < -0.3 is 5.11 Å². The highest BCUT2D eigenvalue weighted by atomic mass is 16.3. The van der Waals surface area contributed by atoms with Gasteiger partial charge in [-0.3, -0.25) is 0 Å². The van der Waals surface area contributed by atoms with Crippen LogP contribution < -0.4 is 0 Å². The molecule has 0 aromatic carbocycles. The molecule has 2 saturated carbocycles. The van der Waals surface area contributed by atoms with Crippen LogP contribution in [0.4, 0.5) is 0 Å². The lowest BCUT2D eigenvalue weighted by Crippen LogP contribution is -2.48. The summed E-state index contributed by atoms with van der Waals surface area (Å²) in [6.45, 7) is 7.97. The third-order valence-electron chi connectivity index (χ3n) is 4.81. The molecular weight excluding hydrogens is 198 g/mol. The van der Waals surface area contributed by atoms with Gasteiger partial charge >= 0.3 is 0 Å². The molecule has 0 unspecified atom stereocenters. The van der Waals surface area contributed by atoms with E-state index < -0.39 is 5.60 Å². The van der Waals surface area contributed by atoms with E-state index in [1.54, 1.807) is 0 Å². The van der Waals surface area contributed by atoms with Crippen LogP contribution in [0.5, 0.6) is 0 Å². The van der Waals surface area contributed by atoms with E-state index in [-0.39, 0.29) is 17.3 Å². The van der Waals surface area contributed by atoms with Gasteiger partial charge in [-0.05, 0) is 51.9 Å². The lowest BCUT2D eigenvalue weighted by atomic mass is 9.59. The third-order valence-corrected chi connectivity index (χ3v) is 4.81. The first-order valence-corrected chi connectivity index (χ1v) is 6.23. The summed E-state index contributed by atoms with van der Waals surface area (Å²) in [4.78, 5) is 0. The zero-order valence-corrected chi connectivity index (χ0v) is 10.3. The summed E-state index contributed by atoms with van der Waals surface area (Å²) >= 11 is 0. The summed E-state index contributed by atoms with van der Waals surface area (Å²) in [6.07, 6.45) is 4.72. The Kier molecular flexibility index (Phi) is 2.62. The second-order valence-electron chi connectivity index (χ2n) is 5.89. The molecule has 1 N–H and O–H groups in total. The summed E-state index contributed by atoms with van der Waals surface area (Å²) in [7, 11) is 0. The Hall–Kier alpha value is -0.810. The largest absolute Gasteiger partial charge is 0.390 e. The number of rotatable bonds is 1. The molecule has 2 aliphatic rings. The molecule has 0 aromatic heterocycles. The van der Waals surface area contributed by atoms with E-state index >= 15 is 0 Å². The molecule has 16 heavy (non-hydrogen) atoms. The Morgan fingerprint density at radius 2 is 2.12 bits per heavy atom. The van der Waals surface area contributed by atoms with Crippen molar-refractivity contribution in [1.82, 2.24) is 0 Å². The van der Waals surface area contributed by atoms with Crippen LogP contribution in [-0.4, -0.2) is 10.7 Å². The molecular formula is C14H21NO. The number of fused-ring (bicyclic) bond motifs is 1. The quantitative estimate of drug-likeness (QED) is 0.689. The average molecular weight is 219 g/mol. The predicted octanol–water partition coefficient (Wildman–Crippen LogP) is 3.03. The molecule has 0 heterocycles. The smallest absolute Gasteiger partial charge is 0.0700 e. The molecule has 0 saturated heterocycles. The van der Waals surface area contributed by atoms with Gasteiger partial charge in [0.25, 0.3) is 0 Å². The van der Waals surface area contributed by atoms with E-state index in [2.05, 4.69) is 12.6 Å². The fraction of sp³-hybridized carbons (Fsp3) is 0.786. The molecule has 2 rings (SSSR count). The zero-order chi connectivity index (χ0) is 12.0. The number of allylic oxidation sites excluding steroid dienone is 1. The van der Waals surface area contributed by atoms with Crippen LogP contribution in [0, 0.1) is 28.6 Å². The molecule has 2 aliphatic carbocycles. The van der Waals surface area contributed by atoms with Crippen molar-refractivity contribution in [2.24, 2.45) is 17.3 Å². The van der Waals surface area contributed by atoms with Crippen molar-refractivity contribution in [3.63, 3.8) is 0 Å². The third kappa shape index (κ3) is 1.42. The minimum absolute atomic E-state index is 0.139. The maximum Gasteiger partial charge on any atom is 0.0700 e. The molecule has 0 amide bonds. The van der Waals surface area contributed by atoms with Gasteiger partial charge in [-0.15, -0.1) is 0 Å². The fourth-order valence-electron chi connectivity index (χ4n) is 4.12. The monoisotopic (exact) mass is 219 g/mol. The minimum atomic E-state index is -0.655. The maximum atomic E-state index is 10.5. The molecule has 0 radical (unpaired) electrons. The molecule has 2 nitrogen and oxygen atoms in total. The minimum Gasteiger partial charge on any atom is -0.390 e. The Labute approximate surface area is 98.0 Å². The van der Waals surface area contributed by atoms with Crippen LogP contribution in [0.3, 0.4) is 0 Å². The number of nitriles is 1. The van der Waals surface area contributed by atoms with Crippen molar-refractivity contribution in [2.45, 2.75) is 51.6 Å². The first kappa shape index (κ1) is 11.7. The maximum absolute atomic E-state index is 10.5. The summed E-state index contributed by atoms with van der Waals surface area (Å²) in [5.41, 5.74) is 0.118. The van der Waals surface area contributed by atoms with Crippen molar-refractivity contribution in [2.75, 3.05) is 0 Å². The van der Waals surface area contributed by atoms with Crippen LogP contribution in [-0.2, 0) is 0 Å². The molecule has 88 valence electrons. The SMILES string of the molecule is C=C(C)[C@@H]1CC[C@@H]2[C@@]1(C#N)CCC[C@]2(C)O. The van der Waals surface area contributed by atoms with E-state index in [0.29, 0.717) is 0 Å². The van der Waals surface area contributed by atoms with Crippen molar-refractivity contribution < 1.29 is 5.11 Å². The molecule has 0 spiro atoms. The molecule has 2 fully saturated rings. The summed E-state index contributed by atoms with van der Waals surface area (Å²) in [6, 6.07) is 2.55. The zero-order valence-electron chi connectivity index (χ0n) is 10.3. The number of hydrogen-bond donors (Lipinski definition) is 1. The van der Waals surface area contributed by atoms with Crippen LogP contribution >= 0.6 is 0 Å². The Morgan fingerprint density at radius 3 is 2.69 bits per heavy atom. The van der Waals surface area contributed by atoms with Crippen molar-refractivity contribution in [3.05, 3.63) is 12.2 Å². The van der Waals surface area contributed by atoms with E-state index in [1.807, 2.05) is 13.8 Å². The number of aliphatic hydroxyl groups is 1. The molecule has 2 heteroatoms. The second kappa shape index (κ2) is 3.60. The number of nitrogens with zero attached hydrogens (tertiary/aromatic N) is 1. The lowest BCUT2D eigenvalue weighted by molar-refractivity contribution is -0.0744. The lowest BCUT2D eigenvalue weighted by Gasteiger charge is -2.46. The van der Waals surface area contributed by atoms with Crippen LogP contribution in [0.15, 0.2) is 12.2 Å². The van der Waals surface area contributed by atoms with Crippen LogP contribution in [0.25, 0.3) is 0 Å². The van der Waals surface area contributed by atoms with E-state index in [9.17, 15) is 10.4 Å². The summed E-state index contributed by atoms with van der Waals surface area (Å²) in [5.74, 6) is 0.426. The van der Waals surface area contributed by atoms with Gasteiger partial charge in [-0.2, -0.15) is 5.26 Å². The highest BCUT2D eigenvalue weighted by Crippen LogP contribution is 2.60. The molecule has 0 bridgehead atoms. The van der Waals surface area contributed by atoms with Gasteiger partial charge in [0.2, 0.25) is 0 Å².